The van der Waals surface area contributed by atoms with Gasteiger partial charge in [0.05, 0.1) is 11.6 Å². The Morgan fingerprint density at radius 3 is 2.43 bits per heavy atom. The van der Waals surface area contributed by atoms with E-state index in [0.717, 1.165) is 51.6 Å². The highest BCUT2D eigenvalue weighted by atomic mass is 15.2. The van der Waals surface area contributed by atoms with Crippen LogP contribution in [0.5, 0.6) is 0 Å². The molecule has 0 saturated heterocycles. The van der Waals surface area contributed by atoms with Gasteiger partial charge < -0.3 is 20.9 Å². The Balaban J connectivity index is 1.49. The maximum absolute atomic E-state index is 6.18. The van der Waals surface area contributed by atoms with Crippen molar-refractivity contribution in [1.82, 2.24) is 19.9 Å². The first-order chi connectivity index (χ1) is 17.8. The van der Waals surface area contributed by atoms with E-state index >= 15 is 0 Å². The number of hydrogen-bond donors (Lipinski definition) is 2. The first-order valence-corrected chi connectivity index (χ1v) is 12.1. The van der Waals surface area contributed by atoms with Crippen LogP contribution in [-0.2, 0) is 0 Å². The van der Waals surface area contributed by atoms with Gasteiger partial charge >= 0.3 is 0 Å². The van der Waals surface area contributed by atoms with Gasteiger partial charge in [-0.15, -0.1) is 0 Å². The molecular formula is C30H33N7. The van der Waals surface area contributed by atoms with Crippen LogP contribution in [0.3, 0.4) is 0 Å². The van der Waals surface area contributed by atoms with E-state index in [1.54, 1.807) is 0 Å². The molecule has 3 aromatic rings. The second kappa shape index (κ2) is 11.0. The summed E-state index contributed by atoms with van der Waals surface area (Å²) in [4.78, 5) is 16.8. The van der Waals surface area contributed by atoms with Gasteiger partial charge in [0.15, 0.2) is 0 Å². The Morgan fingerprint density at radius 2 is 1.78 bits per heavy atom. The summed E-state index contributed by atoms with van der Waals surface area (Å²) in [5, 5.41) is 3.42. The van der Waals surface area contributed by atoms with E-state index < -0.39 is 0 Å². The summed E-state index contributed by atoms with van der Waals surface area (Å²) in [6.07, 6.45) is 12.2. The molecule has 3 N–H and O–H groups in total. The number of benzene rings is 1. The smallest absolute Gasteiger partial charge is 0.141 e. The summed E-state index contributed by atoms with van der Waals surface area (Å²) in [5.41, 5.74) is 13.3. The predicted octanol–water partition coefficient (Wildman–Crippen LogP) is 5.93. The van der Waals surface area contributed by atoms with Crippen molar-refractivity contribution in [1.29, 1.82) is 0 Å². The molecule has 3 heterocycles. The molecule has 2 aromatic heterocycles. The van der Waals surface area contributed by atoms with Crippen molar-refractivity contribution in [3.63, 3.8) is 0 Å². The lowest BCUT2D eigenvalue weighted by molar-refractivity contribution is 0.341. The molecule has 0 unspecified atom stereocenters. The molecule has 0 aliphatic carbocycles. The van der Waals surface area contributed by atoms with E-state index in [1.807, 2.05) is 79.9 Å². The second-order valence-corrected chi connectivity index (χ2v) is 8.99. The Labute approximate surface area is 219 Å². The van der Waals surface area contributed by atoms with Crippen LogP contribution in [0.4, 0.5) is 17.3 Å². The predicted molar refractivity (Wildman–Crippen MR) is 154 cm³/mol. The zero-order valence-electron chi connectivity index (χ0n) is 21.6. The minimum Gasteiger partial charge on any atom is -0.383 e. The highest BCUT2D eigenvalue weighted by molar-refractivity contribution is 5.88. The monoisotopic (exact) mass is 491 g/mol. The van der Waals surface area contributed by atoms with Crippen LogP contribution in [-0.4, -0.2) is 33.9 Å². The number of nitrogens with zero attached hydrogens (tertiary/aromatic N) is 5. The third-order valence-corrected chi connectivity index (χ3v) is 6.38. The molecule has 7 heteroatoms. The minimum atomic E-state index is 0.162. The zero-order chi connectivity index (χ0) is 26.5. The van der Waals surface area contributed by atoms with Gasteiger partial charge in [0, 0.05) is 55.3 Å². The molecule has 1 atom stereocenters. The van der Waals surface area contributed by atoms with E-state index in [-0.39, 0.29) is 6.04 Å². The fourth-order valence-electron chi connectivity index (χ4n) is 4.46. The number of allylic oxidation sites excluding steroid dienone is 2. The van der Waals surface area contributed by atoms with Crippen LogP contribution in [0, 0.1) is 0 Å². The first kappa shape index (κ1) is 25.4. The van der Waals surface area contributed by atoms with Gasteiger partial charge in [-0.2, -0.15) is 0 Å². The van der Waals surface area contributed by atoms with Gasteiger partial charge in [0.2, 0.25) is 0 Å². The van der Waals surface area contributed by atoms with Gasteiger partial charge in [0.1, 0.15) is 18.0 Å². The average Bonchev–Trinajstić information content (AvgIpc) is 2.90. The van der Waals surface area contributed by atoms with E-state index in [9.17, 15) is 0 Å². The Kier molecular flexibility index (Phi) is 7.53. The summed E-state index contributed by atoms with van der Waals surface area (Å²) in [7, 11) is 3.84. The normalized spacial score (nSPS) is 13.6. The second-order valence-electron chi connectivity index (χ2n) is 8.99. The van der Waals surface area contributed by atoms with Crippen LogP contribution >= 0.6 is 0 Å². The van der Waals surface area contributed by atoms with E-state index in [0.29, 0.717) is 5.82 Å². The maximum atomic E-state index is 6.18. The Bertz CT molecular complexity index is 1370. The van der Waals surface area contributed by atoms with Gasteiger partial charge in [-0.05, 0) is 59.5 Å². The summed E-state index contributed by atoms with van der Waals surface area (Å²) >= 11 is 0. The van der Waals surface area contributed by atoms with E-state index in [2.05, 4.69) is 58.0 Å². The number of pyridine rings is 1. The van der Waals surface area contributed by atoms with Crippen molar-refractivity contribution in [2.75, 3.05) is 30.0 Å². The van der Waals surface area contributed by atoms with Crippen molar-refractivity contribution >= 4 is 22.9 Å². The van der Waals surface area contributed by atoms with Crippen molar-refractivity contribution in [3.8, 4) is 0 Å². The molecule has 1 aromatic carbocycles. The van der Waals surface area contributed by atoms with Crippen LogP contribution in [0.15, 0.2) is 110 Å². The molecular weight excluding hydrogens is 458 g/mol. The lowest BCUT2D eigenvalue weighted by atomic mass is 9.98. The SMILES string of the molecule is C=C(Nc1ccc(C(=C)c2c(N)ncnc2N(C)C)cc1)C1=CC=CN([C@@H](CC)c2ccncc2)C1=C. The summed E-state index contributed by atoms with van der Waals surface area (Å²) in [5.74, 6) is 1.13. The van der Waals surface area contributed by atoms with Crippen LogP contribution < -0.4 is 16.0 Å². The van der Waals surface area contributed by atoms with E-state index in [1.165, 1.54) is 11.9 Å². The van der Waals surface area contributed by atoms with E-state index in [4.69, 9.17) is 5.73 Å². The molecule has 0 fully saturated rings. The molecule has 4 rings (SSSR count). The zero-order valence-corrected chi connectivity index (χ0v) is 21.6. The number of anilines is 3. The number of nitrogens with two attached hydrogens (primary N) is 1. The standard InChI is InChI=1S/C30H33N7/c1-7-27(24-14-16-32-17-15-24)37-18-8-9-26(22(37)4)21(3)35-25-12-10-23(11-13-25)20(2)28-29(31)33-19-34-30(28)36(5)6/h8-19,27,35H,2-4,7H2,1,5-6H3,(H2,31,33,34)/t27-/m0/s1. The van der Waals surface area contributed by atoms with Gasteiger partial charge in [-0.1, -0.05) is 38.8 Å². The van der Waals surface area contributed by atoms with Crippen molar-refractivity contribution in [2.24, 2.45) is 0 Å². The Hall–Kier alpha value is -4.65. The number of aromatic nitrogens is 3. The summed E-state index contributed by atoms with van der Waals surface area (Å²) in [6.45, 7) is 15.1. The molecule has 7 nitrogen and oxygen atoms in total. The summed E-state index contributed by atoms with van der Waals surface area (Å²) < 4.78 is 0. The first-order valence-electron chi connectivity index (χ1n) is 12.1. The fraction of sp³-hybridized carbons (Fsp3) is 0.167. The van der Waals surface area contributed by atoms with Gasteiger partial charge in [-0.3, -0.25) is 4.98 Å². The minimum absolute atomic E-state index is 0.162. The highest BCUT2D eigenvalue weighted by Gasteiger charge is 2.23. The molecule has 1 aliphatic rings. The van der Waals surface area contributed by atoms with Crippen LogP contribution in [0.2, 0.25) is 0 Å². The fourth-order valence-corrected chi connectivity index (χ4v) is 4.46. The highest BCUT2D eigenvalue weighted by Crippen LogP contribution is 2.35. The molecule has 1 aliphatic heterocycles. The lowest BCUT2D eigenvalue weighted by Crippen LogP contribution is -2.26. The van der Waals surface area contributed by atoms with Crippen molar-refractivity contribution in [3.05, 3.63) is 127 Å². The number of nitrogens with one attached hydrogen (secondary N) is 1. The van der Waals surface area contributed by atoms with Crippen LogP contribution in [0.25, 0.3) is 5.57 Å². The summed E-state index contributed by atoms with van der Waals surface area (Å²) in [6, 6.07) is 12.2. The Morgan fingerprint density at radius 1 is 1.08 bits per heavy atom. The van der Waals surface area contributed by atoms with Gasteiger partial charge in [0.25, 0.3) is 0 Å². The number of hydrogen-bond acceptors (Lipinski definition) is 7. The molecule has 37 heavy (non-hydrogen) atoms. The van der Waals surface area contributed by atoms with Gasteiger partial charge in [-0.25, -0.2) is 9.97 Å². The topological polar surface area (TPSA) is 83.2 Å². The quantitative estimate of drug-likeness (QED) is 0.384. The third-order valence-electron chi connectivity index (χ3n) is 6.38. The number of rotatable bonds is 9. The largest absolute Gasteiger partial charge is 0.383 e. The maximum Gasteiger partial charge on any atom is 0.141 e. The van der Waals surface area contributed by atoms with Crippen LogP contribution in [0.1, 0.15) is 36.1 Å². The number of nitrogen functional groups attached to an aromatic ring is 1. The molecule has 0 bridgehead atoms. The molecule has 0 saturated carbocycles. The average molecular weight is 492 g/mol. The molecule has 0 amide bonds. The molecule has 188 valence electrons. The van der Waals surface area contributed by atoms with Crippen molar-refractivity contribution < 1.29 is 0 Å². The van der Waals surface area contributed by atoms with Crippen molar-refractivity contribution in [2.45, 2.75) is 19.4 Å². The third kappa shape index (κ3) is 5.30. The lowest BCUT2D eigenvalue weighted by Gasteiger charge is -2.35. The molecule has 0 radical (unpaired) electrons. The molecule has 0 spiro atoms.